The van der Waals surface area contributed by atoms with Gasteiger partial charge in [0, 0.05) is 13.0 Å². The zero-order chi connectivity index (χ0) is 82.4. The molecule has 0 saturated carbocycles. The second kappa shape index (κ2) is 49.4. The van der Waals surface area contributed by atoms with Crippen LogP contribution in [0.15, 0.2) is 4.99 Å². The molecule has 0 fully saturated rings. The molecule has 15 amide bonds. The number of aliphatic hydroxyl groups is 2. The third kappa shape index (κ3) is 37.5. The lowest BCUT2D eigenvalue weighted by Crippen LogP contribution is -2.63. The molecule has 0 aromatic carbocycles. The molecule has 0 spiro atoms. The van der Waals surface area contributed by atoms with Gasteiger partial charge in [-0.1, -0.05) is 75.7 Å². The van der Waals surface area contributed by atoms with Gasteiger partial charge in [-0.15, -0.1) is 0 Å². The first-order valence-electron chi connectivity index (χ1n) is 35.3. The second-order valence-electron chi connectivity index (χ2n) is 27.6. The Hall–Kier alpha value is -9.51. The number of carboxylic acid groups (broad SMARTS) is 2. The standard InChI is InChI=1S/C66H117N19O21S/c1-16-33(10)50(65(105)106)81-46(90)28-72-55(95)38(18-17-22-71-66(69)70)76-57(97)40(21-23-107-15)77-63(103)52(37(14)87)85-60(100)43(26-44(68)88)80-61(101)48(31(6)7)83-62(102)49(32(8)9)82-59(99)42(25-30(4)5)79-64(104)51(36(13)86)84-54(94)35(12)74-58(98)41(24-29(2)3)78-53(93)34(11)73-56(96)39(19-20-47(91)92)75-45(89)27-67/h29-43,48-52,86-87H,16-28,67H2,1-15H3,(H2,68,88)(H,72,95)(H,73,96)(H,74,98)(H,75,89)(H,76,97)(H,77,103)(H,78,93)(H,79,104)(H,80,101)(H,81,90)(H,82,99)(H,83,102)(H,84,94)(H,85,100)(H,91,92)(H,105,106)(H4,69,70,71)/t33-,34-,35-,36+,37+,38-,39-,40-,41-,42-,43-,48-,49-,50-,51-,52-/m0/s1. The molecule has 0 radical (unpaired) electrons. The predicted molar refractivity (Wildman–Crippen MR) is 391 cm³/mol. The maximum Gasteiger partial charge on any atom is 0.326 e. The molecule has 26 N–H and O–H groups in total. The highest BCUT2D eigenvalue weighted by Crippen LogP contribution is 2.15. The van der Waals surface area contributed by atoms with Crippen molar-refractivity contribution in [3.05, 3.63) is 0 Å². The summed E-state index contributed by atoms with van der Waals surface area (Å²) >= 11 is 1.26. The normalized spacial score (nSPS) is 15.7. The highest BCUT2D eigenvalue weighted by molar-refractivity contribution is 7.98. The zero-order valence-electron chi connectivity index (χ0n) is 63.6. The molecule has 0 bridgehead atoms. The number of aliphatic hydroxyl groups excluding tert-OH is 2. The number of nitrogens with two attached hydrogens (primary N) is 4. The van der Waals surface area contributed by atoms with E-state index in [2.05, 4.69) is 79.4 Å². The van der Waals surface area contributed by atoms with E-state index in [9.17, 15) is 96.8 Å². The van der Waals surface area contributed by atoms with Gasteiger partial charge in [0.05, 0.1) is 31.7 Å². The summed E-state index contributed by atoms with van der Waals surface area (Å²) in [7, 11) is 0. The van der Waals surface area contributed by atoms with Crippen LogP contribution in [0, 0.1) is 29.6 Å². The molecular formula is C66H117N19O21S. The molecule has 107 heavy (non-hydrogen) atoms. The van der Waals surface area contributed by atoms with E-state index in [4.69, 9.17) is 28.0 Å². The highest BCUT2D eigenvalue weighted by atomic mass is 32.2. The molecule has 16 atom stereocenters. The molecular weight excluding hydrogens is 1430 g/mol. The van der Waals surface area contributed by atoms with E-state index in [0.717, 1.165) is 13.8 Å². The first kappa shape index (κ1) is 97.5. The van der Waals surface area contributed by atoms with Gasteiger partial charge in [-0.25, -0.2) is 4.79 Å². The fourth-order valence-electron chi connectivity index (χ4n) is 10.1. The third-order valence-corrected chi connectivity index (χ3v) is 17.0. The van der Waals surface area contributed by atoms with E-state index >= 15 is 0 Å². The minimum absolute atomic E-state index is 0.0000147. The van der Waals surface area contributed by atoms with Crippen LogP contribution in [-0.2, 0) is 81.5 Å². The van der Waals surface area contributed by atoms with Gasteiger partial charge < -0.3 is 118 Å². The Bertz CT molecular complexity index is 3080. The number of amides is 15. The first-order chi connectivity index (χ1) is 49.7. The number of primary amides is 1. The molecule has 608 valence electrons. The van der Waals surface area contributed by atoms with Crippen LogP contribution >= 0.6 is 11.8 Å². The number of rotatable bonds is 51. The van der Waals surface area contributed by atoms with E-state index in [1.807, 2.05) is 0 Å². The Morgan fingerprint density at radius 3 is 1.24 bits per heavy atom. The maximum absolute atomic E-state index is 14.3. The monoisotopic (exact) mass is 1540 g/mol. The minimum Gasteiger partial charge on any atom is -0.481 e. The lowest BCUT2D eigenvalue weighted by molar-refractivity contribution is -0.143. The van der Waals surface area contributed by atoms with Gasteiger partial charge >= 0.3 is 11.9 Å². The van der Waals surface area contributed by atoms with Gasteiger partial charge in [-0.2, -0.15) is 11.8 Å². The number of carbonyl (C=O) groups is 17. The van der Waals surface area contributed by atoms with E-state index in [0.29, 0.717) is 6.42 Å². The summed E-state index contributed by atoms with van der Waals surface area (Å²) < 4.78 is 0. The summed E-state index contributed by atoms with van der Waals surface area (Å²) in [4.78, 5) is 231. The topological polar surface area (TPSA) is 656 Å². The molecule has 0 aromatic rings. The van der Waals surface area contributed by atoms with Crippen LogP contribution in [0.4, 0.5) is 0 Å². The highest BCUT2D eigenvalue weighted by Gasteiger charge is 2.40. The fourth-order valence-corrected chi connectivity index (χ4v) is 10.6. The molecule has 0 heterocycles. The van der Waals surface area contributed by atoms with Gasteiger partial charge in [-0.05, 0) is 108 Å². The SMILES string of the molecule is CC[C@H](C)[C@H](NC(=O)CNC(=O)[C@H](CCCN=C(N)N)NC(=O)[C@H](CCSC)NC(=O)[C@@H](NC(=O)[C@H](CC(N)=O)NC(=O)[C@@H](NC(=O)[C@@H](NC(=O)[C@H](CC(C)C)NC(=O)[C@@H](NC(=O)[C@H](C)NC(=O)[C@H](CC(C)C)NC(=O)[C@H](C)NC(=O)[C@H](CCC(=O)O)NC(=O)CN)[C@@H](C)O)C(C)C)C(C)C)[C@@H](C)O)C(=O)O. The van der Waals surface area contributed by atoms with E-state index in [-0.39, 0.29) is 68.6 Å². The number of thioether (sulfide) groups is 1. The Morgan fingerprint density at radius 2 is 0.804 bits per heavy atom. The van der Waals surface area contributed by atoms with E-state index < -0.39 is 235 Å². The fraction of sp³-hybridized carbons (Fsp3) is 0.727. The van der Waals surface area contributed by atoms with Gasteiger partial charge in [0.1, 0.15) is 78.5 Å². The van der Waals surface area contributed by atoms with Crippen LogP contribution in [0.1, 0.15) is 155 Å². The van der Waals surface area contributed by atoms with Crippen molar-refractivity contribution in [1.82, 2.24) is 74.4 Å². The molecule has 0 saturated heterocycles. The van der Waals surface area contributed by atoms with Crippen LogP contribution in [0.3, 0.4) is 0 Å². The zero-order valence-corrected chi connectivity index (χ0v) is 64.4. The smallest absolute Gasteiger partial charge is 0.326 e. The molecule has 0 aliphatic carbocycles. The Balaban J connectivity index is 6.65. The van der Waals surface area contributed by atoms with Crippen molar-refractivity contribution in [3.8, 4) is 0 Å². The van der Waals surface area contributed by atoms with Crippen LogP contribution < -0.4 is 97.4 Å². The number of nitrogens with zero attached hydrogens (tertiary/aromatic N) is 1. The maximum atomic E-state index is 14.3. The number of hydrogen-bond donors (Lipinski definition) is 22. The Morgan fingerprint density at radius 1 is 0.421 bits per heavy atom. The van der Waals surface area contributed by atoms with Crippen molar-refractivity contribution >= 4 is 118 Å². The average molecular weight is 1540 g/mol. The summed E-state index contributed by atoms with van der Waals surface area (Å²) in [6.07, 6.45) is -3.25. The summed E-state index contributed by atoms with van der Waals surface area (Å²) in [5.74, 6) is -19.9. The van der Waals surface area contributed by atoms with Crippen LogP contribution in [0.25, 0.3) is 0 Å². The molecule has 40 nitrogen and oxygen atoms in total. The van der Waals surface area contributed by atoms with Crippen molar-refractivity contribution in [1.29, 1.82) is 0 Å². The number of guanidine groups is 1. The van der Waals surface area contributed by atoms with Crippen molar-refractivity contribution in [2.75, 3.05) is 31.6 Å². The summed E-state index contributed by atoms with van der Waals surface area (Å²) in [6.45, 7) is 19.8. The number of aliphatic imine (C=N–C) groups is 1. The van der Waals surface area contributed by atoms with Gasteiger partial charge in [0.2, 0.25) is 88.6 Å². The molecule has 0 aliphatic rings. The van der Waals surface area contributed by atoms with Crippen molar-refractivity contribution in [2.45, 2.75) is 245 Å². The first-order valence-corrected chi connectivity index (χ1v) is 36.7. The summed E-state index contributed by atoms with van der Waals surface area (Å²) in [5, 5.41) is 74.5. The van der Waals surface area contributed by atoms with E-state index in [1.54, 1.807) is 47.8 Å². The van der Waals surface area contributed by atoms with Crippen molar-refractivity contribution < 1.29 is 102 Å². The summed E-state index contributed by atoms with van der Waals surface area (Å²) in [5.41, 5.74) is 21.8. The second-order valence-corrected chi connectivity index (χ2v) is 28.6. The van der Waals surface area contributed by atoms with Crippen LogP contribution in [0.2, 0.25) is 0 Å². The molecule has 0 unspecified atom stereocenters. The predicted octanol–water partition coefficient (Wildman–Crippen LogP) is -6.75. The van der Waals surface area contributed by atoms with Crippen LogP contribution in [-0.4, -0.2) is 249 Å². The summed E-state index contributed by atoms with van der Waals surface area (Å²) in [6, 6.07) is -19.7. The van der Waals surface area contributed by atoms with Gasteiger partial charge in [-0.3, -0.25) is 81.7 Å². The third-order valence-electron chi connectivity index (χ3n) is 16.4. The average Bonchev–Trinajstić information content (AvgIpc) is 0.848. The van der Waals surface area contributed by atoms with Crippen molar-refractivity contribution in [3.63, 3.8) is 0 Å². The number of aliphatic carboxylic acids is 2. The molecule has 0 rings (SSSR count). The Labute approximate surface area is 626 Å². The number of nitrogens with one attached hydrogen (secondary N) is 14. The largest absolute Gasteiger partial charge is 0.481 e. The van der Waals surface area contributed by atoms with E-state index in [1.165, 1.54) is 53.3 Å². The lowest BCUT2D eigenvalue weighted by Gasteiger charge is -2.31. The molecule has 41 heteroatoms. The molecule has 0 aromatic heterocycles. The Kier molecular flexibility index (Phi) is 45.0. The molecule has 0 aliphatic heterocycles. The van der Waals surface area contributed by atoms with Gasteiger partial charge in [0.25, 0.3) is 0 Å². The minimum atomic E-state index is -1.91. The van der Waals surface area contributed by atoms with Gasteiger partial charge in [0.15, 0.2) is 5.96 Å². The van der Waals surface area contributed by atoms with Crippen LogP contribution in [0.5, 0.6) is 0 Å². The number of carboxylic acids is 2. The number of hydrogen-bond acceptors (Lipinski definition) is 22. The van der Waals surface area contributed by atoms with Crippen molar-refractivity contribution in [2.24, 2.45) is 57.5 Å². The lowest BCUT2D eigenvalue weighted by atomic mass is 9.97. The number of carbonyl (C=O) groups excluding carboxylic acids is 15. The quantitative estimate of drug-likeness (QED) is 0.0153.